The molecule has 1 aliphatic rings. The van der Waals surface area contributed by atoms with Gasteiger partial charge in [0, 0.05) is 42.8 Å². The van der Waals surface area contributed by atoms with Crippen LogP contribution in [0.15, 0.2) is 60.4 Å². The van der Waals surface area contributed by atoms with Crippen molar-refractivity contribution >= 4 is 40.4 Å². The van der Waals surface area contributed by atoms with Crippen molar-refractivity contribution in [2.24, 2.45) is 7.05 Å². The van der Waals surface area contributed by atoms with Crippen LogP contribution in [0.5, 0.6) is 0 Å². The zero-order valence-electron chi connectivity index (χ0n) is 16.2. The maximum Gasteiger partial charge on any atom is 0.270 e. The van der Waals surface area contributed by atoms with Gasteiger partial charge in [-0.2, -0.15) is 0 Å². The fourth-order valence-electron chi connectivity index (χ4n) is 3.72. The van der Waals surface area contributed by atoms with E-state index in [1.165, 1.54) is 0 Å². The van der Waals surface area contributed by atoms with Gasteiger partial charge in [0.15, 0.2) is 0 Å². The van der Waals surface area contributed by atoms with Gasteiger partial charge in [0.1, 0.15) is 5.70 Å². The number of aromatic nitrogens is 1. The predicted octanol–water partition coefficient (Wildman–Crippen LogP) is 4.23. The molecule has 0 unspecified atom stereocenters. The molecule has 0 radical (unpaired) electrons. The van der Waals surface area contributed by atoms with E-state index in [4.69, 9.17) is 11.6 Å². The second-order valence-corrected chi connectivity index (χ2v) is 7.61. The van der Waals surface area contributed by atoms with Crippen molar-refractivity contribution in [1.29, 1.82) is 0 Å². The minimum absolute atomic E-state index is 0.171. The van der Waals surface area contributed by atoms with Gasteiger partial charge in [-0.05, 0) is 37.1 Å². The van der Waals surface area contributed by atoms with Gasteiger partial charge in [-0.3, -0.25) is 9.59 Å². The Morgan fingerprint density at radius 3 is 2.48 bits per heavy atom. The van der Waals surface area contributed by atoms with E-state index in [9.17, 15) is 9.59 Å². The van der Waals surface area contributed by atoms with Gasteiger partial charge >= 0.3 is 0 Å². The summed E-state index contributed by atoms with van der Waals surface area (Å²) in [7, 11) is 1.96. The zero-order chi connectivity index (χ0) is 20.4. The smallest absolute Gasteiger partial charge is 0.270 e. The summed E-state index contributed by atoms with van der Waals surface area (Å²) in [5.41, 5.74) is 2.54. The SMILES string of the molecule is Cn1cc(/C=C(\NC(=O)c2ccccc2Cl)C(=O)N2CCCC2)c2ccccc21. The van der Waals surface area contributed by atoms with Gasteiger partial charge < -0.3 is 14.8 Å². The highest BCUT2D eigenvalue weighted by Gasteiger charge is 2.24. The number of nitrogens with zero attached hydrogens (tertiary/aromatic N) is 2. The minimum Gasteiger partial charge on any atom is -0.350 e. The van der Waals surface area contributed by atoms with E-state index in [1.807, 2.05) is 42.1 Å². The van der Waals surface area contributed by atoms with Crippen molar-refractivity contribution in [1.82, 2.24) is 14.8 Å². The highest BCUT2D eigenvalue weighted by atomic mass is 35.5. The molecule has 29 heavy (non-hydrogen) atoms. The van der Waals surface area contributed by atoms with Gasteiger partial charge in [0.2, 0.25) is 0 Å². The molecule has 2 heterocycles. The second-order valence-electron chi connectivity index (χ2n) is 7.20. The molecule has 6 heteroatoms. The van der Waals surface area contributed by atoms with Crippen LogP contribution in [0.4, 0.5) is 0 Å². The third kappa shape index (κ3) is 3.91. The van der Waals surface area contributed by atoms with Crippen LogP contribution in [0.3, 0.4) is 0 Å². The lowest BCUT2D eigenvalue weighted by Crippen LogP contribution is -2.36. The van der Waals surface area contributed by atoms with E-state index in [0.29, 0.717) is 23.7 Å². The minimum atomic E-state index is -0.394. The van der Waals surface area contributed by atoms with Crippen molar-refractivity contribution in [3.63, 3.8) is 0 Å². The molecule has 3 aromatic rings. The number of carbonyl (C=O) groups is 2. The van der Waals surface area contributed by atoms with Gasteiger partial charge in [-0.25, -0.2) is 0 Å². The number of para-hydroxylation sites is 1. The fourth-order valence-corrected chi connectivity index (χ4v) is 3.94. The van der Waals surface area contributed by atoms with Crippen LogP contribution in [-0.4, -0.2) is 34.4 Å². The number of benzene rings is 2. The number of nitrogens with one attached hydrogen (secondary N) is 1. The molecule has 0 bridgehead atoms. The average molecular weight is 408 g/mol. The van der Waals surface area contributed by atoms with Crippen LogP contribution in [-0.2, 0) is 11.8 Å². The molecule has 1 aromatic heterocycles. The Balaban J connectivity index is 1.73. The molecular weight excluding hydrogens is 386 g/mol. The molecule has 0 spiro atoms. The number of halogens is 1. The van der Waals surface area contributed by atoms with Crippen LogP contribution >= 0.6 is 11.6 Å². The summed E-state index contributed by atoms with van der Waals surface area (Å²) in [6.07, 6.45) is 5.68. The fraction of sp³-hybridized carbons (Fsp3) is 0.217. The van der Waals surface area contributed by atoms with E-state index in [0.717, 1.165) is 29.3 Å². The molecule has 0 saturated carbocycles. The standard InChI is InChI=1S/C23H22ClN3O2/c1-26-15-16(17-8-3-5-11-21(17)26)14-20(23(29)27-12-6-7-13-27)25-22(28)18-9-2-4-10-19(18)24/h2-5,8-11,14-15H,6-7,12-13H2,1H3,(H,25,28)/b20-14-. The number of rotatable bonds is 4. The molecule has 1 fully saturated rings. The largest absolute Gasteiger partial charge is 0.350 e. The van der Waals surface area contributed by atoms with E-state index in [1.54, 1.807) is 35.2 Å². The molecule has 0 atom stereocenters. The van der Waals surface area contributed by atoms with Crippen molar-refractivity contribution in [2.75, 3.05) is 13.1 Å². The summed E-state index contributed by atoms with van der Waals surface area (Å²) in [4.78, 5) is 27.8. The maximum absolute atomic E-state index is 13.1. The number of aryl methyl sites for hydroxylation is 1. The third-order valence-corrected chi connectivity index (χ3v) is 5.55. The summed E-state index contributed by atoms with van der Waals surface area (Å²) >= 11 is 6.17. The van der Waals surface area contributed by atoms with Crippen molar-refractivity contribution in [2.45, 2.75) is 12.8 Å². The molecule has 4 rings (SSSR count). The van der Waals surface area contributed by atoms with E-state index < -0.39 is 5.91 Å². The Hall–Kier alpha value is -3.05. The zero-order valence-corrected chi connectivity index (χ0v) is 16.9. The number of amides is 2. The molecule has 1 N–H and O–H groups in total. The molecule has 0 aliphatic carbocycles. The third-order valence-electron chi connectivity index (χ3n) is 5.22. The number of fused-ring (bicyclic) bond motifs is 1. The Labute approximate surface area is 174 Å². The summed E-state index contributed by atoms with van der Waals surface area (Å²) in [5.74, 6) is -0.564. The first-order valence-electron chi connectivity index (χ1n) is 9.65. The number of hydrogen-bond acceptors (Lipinski definition) is 2. The van der Waals surface area contributed by atoms with E-state index in [-0.39, 0.29) is 11.6 Å². The lowest BCUT2D eigenvalue weighted by Gasteiger charge is -2.18. The van der Waals surface area contributed by atoms with E-state index >= 15 is 0 Å². The van der Waals surface area contributed by atoms with Crippen molar-refractivity contribution in [3.8, 4) is 0 Å². The molecule has 1 aliphatic heterocycles. The first kappa shape index (κ1) is 19.3. The highest BCUT2D eigenvalue weighted by molar-refractivity contribution is 6.34. The maximum atomic E-state index is 13.1. The normalized spacial score (nSPS) is 14.4. The van der Waals surface area contributed by atoms with Gasteiger partial charge in [-0.15, -0.1) is 0 Å². The lowest BCUT2D eigenvalue weighted by atomic mass is 10.1. The molecule has 148 valence electrons. The van der Waals surface area contributed by atoms with Gasteiger partial charge in [0.05, 0.1) is 10.6 Å². The van der Waals surface area contributed by atoms with Crippen molar-refractivity contribution < 1.29 is 9.59 Å². The van der Waals surface area contributed by atoms with Crippen LogP contribution in [0.1, 0.15) is 28.8 Å². The number of carbonyl (C=O) groups excluding carboxylic acids is 2. The number of likely N-dealkylation sites (tertiary alicyclic amines) is 1. The summed E-state index contributed by atoms with van der Waals surface area (Å²) in [5, 5.41) is 4.18. The Bertz CT molecular complexity index is 1110. The first-order chi connectivity index (χ1) is 14.0. The molecule has 1 saturated heterocycles. The van der Waals surface area contributed by atoms with Gasteiger partial charge in [-0.1, -0.05) is 41.9 Å². The quantitative estimate of drug-likeness (QED) is 0.658. The van der Waals surface area contributed by atoms with Crippen molar-refractivity contribution in [3.05, 3.63) is 76.6 Å². The molecule has 2 aromatic carbocycles. The second kappa shape index (κ2) is 8.13. The van der Waals surface area contributed by atoms with Crippen LogP contribution < -0.4 is 5.32 Å². The first-order valence-corrected chi connectivity index (χ1v) is 10.0. The Kier molecular flexibility index (Phi) is 5.41. The van der Waals surface area contributed by atoms with Crippen LogP contribution in [0.25, 0.3) is 17.0 Å². The Morgan fingerprint density at radius 1 is 1.03 bits per heavy atom. The average Bonchev–Trinajstić information content (AvgIpc) is 3.36. The topological polar surface area (TPSA) is 54.3 Å². The molecule has 2 amide bonds. The summed E-state index contributed by atoms with van der Waals surface area (Å²) in [6.45, 7) is 1.40. The van der Waals surface area contributed by atoms with Crippen LogP contribution in [0, 0.1) is 0 Å². The Morgan fingerprint density at radius 2 is 1.72 bits per heavy atom. The number of hydrogen-bond donors (Lipinski definition) is 1. The van der Waals surface area contributed by atoms with Crippen LogP contribution in [0.2, 0.25) is 5.02 Å². The van der Waals surface area contributed by atoms with Gasteiger partial charge in [0.25, 0.3) is 11.8 Å². The lowest BCUT2D eigenvalue weighted by molar-refractivity contribution is -0.126. The monoisotopic (exact) mass is 407 g/mol. The summed E-state index contributed by atoms with van der Waals surface area (Å²) in [6, 6.07) is 14.8. The summed E-state index contributed by atoms with van der Waals surface area (Å²) < 4.78 is 2.01. The highest BCUT2D eigenvalue weighted by Crippen LogP contribution is 2.24. The molecular formula is C23H22ClN3O2. The molecule has 5 nitrogen and oxygen atoms in total. The predicted molar refractivity (Wildman–Crippen MR) is 116 cm³/mol. The van der Waals surface area contributed by atoms with E-state index in [2.05, 4.69) is 5.32 Å².